The fourth-order valence-electron chi connectivity index (χ4n) is 3.34. The first-order valence-corrected chi connectivity index (χ1v) is 10.0. The van der Waals surface area contributed by atoms with Crippen LogP contribution in [0.15, 0.2) is 60.2 Å². The molecule has 154 valence electrons. The summed E-state index contributed by atoms with van der Waals surface area (Å²) in [6, 6.07) is 16.1. The highest BCUT2D eigenvalue weighted by atomic mass is 35.5. The van der Waals surface area contributed by atoms with E-state index >= 15 is 0 Å². The van der Waals surface area contributed by atoms with Crippen molar-refractivity contribution in [3.05, 3.63) is 81.4 Å². The summed E-state index contributed by atoms with van der Waals surface area (Å²) in [5.74, 6) is 0.713. The number of nitrogens with one attached hydrogen (secondary N) is 2. The van der Waals surface area contributed by atoms with E-state index in [-0.39, 0.29) is 24.8 Å². The molecule has 0 aromatic heterocycles. The summed E-state index contributed by atoms with van der Waals surface area (Å²) in [6.45, 7) is 3.65. The Morgan fingerprint density at radius 1 is 0.786 bits per heavy atom. The Kier molecular flexibility index (Phi) is 12.2. The van der Waals surface area contributed by atoms with E-state index in [1.807, 2.05) is 36.4 Å². The summed E-state index contributed by atoms with van der Waals surface area (Å²) in [4.78, 5) is 0. The van der Waals surface area contributed by atoms with Crippen molar-refractivity contribution in [3.63, 3.8) is 0 Å². The average Bonchev–Trinajstić information content (AvgIpc) is 2.66. The molecule has 0 fully saturated rings. The van der Waals surface area contributed by atoms with Crippen LogP contribution in [-0.2, 0) is 13.1 Å². The molecule has 28 heavy (non-hydrogen) atoms. The van der Waals surface area contributed by atoms with Crippen molar-refractivity contribution in [2.45, 2.75) is 32.4 Å². The number of rotatable bonds is 8. The molecule has 1 unspecified atom stereocenters. The van der Waals surface area contributed by atoms with Crippen LogP contribution in [0.3, 0.4) is 0 Å². The molecule has 1 aliphatic rings. The Morgan fingerprint density at radius 3 is 1.89 bits per heavy atom. The number of hydrogen-bond donors (Lipinski definition) is 2. The van der Waals surface area contributed by atoms with E-state index in [1.54, 1.807) is 0 Å². The summed E-state index contributed by atoms with van der Waals surface area (Å²) in [5.41, 5.74) is 3.84. The summed E-state index contributed by atoms with van der Waals surface area (Å²) in [6.07, 6.45) is 5.98. The van der Waals surface area contributed by atoms with Crippen molar-refractivity contribution >= 4 is 48.0 Å². The lowest BCUT2D eigenvalue weighted by Crippen LogP contribution is -2.25. The van der Waals surface area contributed by atoms with Gasteiger partial charge in [0.1, 0.15) is 0 Å². The van der Waals surface area contributed by atoms with Crippen LogP contribution in [0, 0.1) is 5.92 Å². The van der Waals surface area contributed by atoms with E-state index in [9.17, 15) is 0 Å². The third kappa shape index (κ3) is 7.94. The third-order valence-electron chi connectivity index (χ3n) is 4.95. The molecule has 0 heterocycles. The second-order valence-corrected chi connectivity index (χ2v) is 7.73. The van der Waals surface area contributed by atoms with Gasteiger partial charge >= 0.3 is 0 Å². The van der Waals surface area contributed by atoms with Crippen molar-refractivity contribution in [2.75, 3.05) is 13.1 Å². The molecule has 3 rings (SSSR count). The van der Waals surface area contributed by atoms with Gasteiger partial charge in [0.05, 0.1) is 0 Å². The quantitative estimate of drug-likeness (QED) is 0.441. The highest BCUT2D eigenvalue weighted by Gasteiger charge is 2.14. The summed E-state index contributed by atoms with van der Waals surface area (Å²) in [7, 11) is 0. The van der Waals surface area contributed by atoms with Gasteiger partial charge in [-0.3, -0.25) is 0 Å². The molecule has 1 atom stereocenters. The molecule has 2 aromatic carbocycles. The lowest BCUT2D eigenvalue weighted by molar-refractivity contribution is 0.429. The van der Waals surface area contributed by atoms with Crippen molar-refractivity contribution in [1.29, 1.82) is 0 Å². The van der Waals surface area contributed by atoms with Gasteiger partial charge in [-0.15, -0.1) is 24.8 Å². The standard InChI is InChI=1S/C22H26Cl2N2.2ClH/c23-21-7-3-1-5-19(21)15-25-13-17-9-11-18(12-10-17)14-26-16-20-6-2-4-8-22(20)24;;/h1-9,18,25-26H,10-16H2;2*1H. The van der Waals surface area contributed by atoms with E-state index in [0.29, 0.717) is 5.92 Å². The van der Waals surface area contributed by atoms with Gasteiger partial charge in [-0.1, -0.05) is 71.2 Å². The summed E-state index contributed by atoms with van der Waals surface area (Å²) >= 11 is 12.4. The molecule has 6 heteroatoms. The number of halogens is 4. The molecular weight excluding hydrogens is 434 g/mol. The number of hydrogen-bond acceptors (Lipinski definition) is 2. The van der Waals surface area contributed by atoms with Gasteiger partial charge in [0.2, 0.25) is 0 Å². The Hall–Kier alpha value is -0.740. The van der Waals surface area contributed by atoms with Crippen molar-refractivity contribution < 1.29 is 0 Å². The van der Waals surface area contributed by atoms with Gasteiger partial charge in [-0.25, -0.2) is 0 Å². The fraction of sp³-hybridized carbons (Fsp3) is 0.364. The molecule has 0 saturated heterocycles. The topological polar surface area (TPSA) is 24.1 Å². The predicted molar refractivity (Wildman–Crippen MR) is 126 cm³/mol. The van der Waals surface area contributed by atoms with Crippen LogP contribution in [0.25, 0.3) is 0 Å². The molecule has 2 aromatic rings. The lowest BCUT2D eigenvalue weighted by Gasteiger charge is -2.23. The van der Waals surface area contributed by atoms with Crippen LogP contribution in [0.1, 0.15) is 30.4 Å². The van der Waals surface area contributed by atoms with E-state index in [0.717, 1.165) is 48.2 Å². The first kappa shape index (κ1) is 25.3. The predicted octanol–water partition coefficient (Wildman–Crippen LogP) is 6.44. The van der Waals surface area contributed by atoms with Gasteiger partial charge in [0.15, 0.2) is 0 Å². The Balaban J connectivity index is 0.00000196. The molecule has 0 spiro atoms. The Morgan fingerprint density at radius 2 is 1.36 bits per heavy atom. The van der Waals surface area contributed by atoms with Gasteiger partial charge < -0.3 is 10.6 Å². The summed E-state index contributed by atoms with van der Waals surface area (Å²) in [5, 5.41) is 8.75. The molecule has 0 saturated carbocycles. The highest BCUT2D eigenvalue weighted by molar-refractivity contribution is 6.31. The minimum atomic E-state index is 0. The maximum Gasteiger partial charge on any atom is 0.0450 e. The molecule has 0 amide bonds. The van der Waals surface area contributed by atoms with Crippen molar-refractivity contribution in [2.24, 2.45) is 5.92 Å². The van der Waals surface area contributed by atoms with Gasteiger partial charge in [0.25, 0.3) is 0 Å². The second-order valence-electron chi connectivity index (χ2n) is 6.92. The van der Waals surface area contributed by atoms with E-state index in [4.69, 9.17) is 23.2 Å². The number of benzene rings is 2. The van der Waals surface area contributed by atoms with Crippen LogP contribution in [-0.4, -0.2) is 13.1 Å². The monoisotopic (exact) mass is 460 g/mol. The van der Waals surface area contributed by atoms with E-state index in [1.165, 1.54) is 24.0 Å². The summed E-state index contributed by atoms with van der Waals surface area (Å²) < 4.78 is 0. The van der Waals surface area contributed by atoms with Crippen LogP contribution in [0.2, 0.25) is 10.0 Å². The van der Waals surface area contributed by atoms with Crippen LogP contribution in [0.4, 0.5) is 0 Å². The maximum absolute atomic E-state index is 6.20. The Bertz CT molecular complexity index is 749. The van der Waals surface area contributed by atoms with E-state index in [2.05, 4.69) is 28.8 Å². The molecule has 2 nitrogen and oxygen atoms in total. The average molecular weight is 462 g/mol. The van der Waals surface area contributed by atoms with Crippen LogP contribution >= 0.6 is 48.0 Å². The molecular formula is C22H28Cl4N2. The molecule has 0 aliphatic heterocycles. The minimum Gasteiger partial charge on any atom is -0.312 e. The zero-order chi connectivity index (χ0) is 18.2. The molecule has 0 radical (unpaired) electrons. The zero-order valence-electron chi connectivity index (χ0n) is 15.8. The van der Waals surface area contributed by atoms with E-state index < -0.39 is 0 Å². The number of allylic oxidation sites excluding steroid dienone is 1. The SMILES string of the molecule is Cl.Cl.Clc1ccccc1CNCC1=CCC(CNCc2ccccc2Cl)CC1. The lowest BCUT2D eigenvalue weighted by atomic mass is 9.89. The highest BCUT2D eigenvalue weighted by Crippen LogP contribution is 2.23. The van der Waals surface area contributed by atoms with Crippen molar-refractivity contribution in [1.82, 2.24) is 10.6 Å². The first-order valence-electron chi connectivity index (χ1n) is 9.28. The van der Waals surface area contributed by atoms with Crippen molar-refractivity contribution in [3.8, 4) is 0 Å². The first-order chi connectivity index (χ1) is 12.7. The molecule has 2 N–H and O–H groups in total. The van der Waals surface area contributed by atoms with Gasteiger partial charge in [0, 0.05) is 29.7 Å². The minimum absolute atomic E-state index is 0. The Labute approximate surface area is 190 Å². The second kappa shape index (κ2) is 13.5. The largest absolute Gasteiger partial charge is 0.312 e. The normalized spacial score (nSPS) is 15.9. The third-order valence-corrected chi connectivity index (χ3v) is 5.68. The fourth-order valence-corrected chi connectivity index (χ4v) is 3.75. The van der Waals surface area contributed by atoms with Crippen LogP contribution < -0.4 is 10.6 Å². The van der Waals surface area contributed by atoms with Gasteiger partial charge in [-0.05, 0) is 55.0 Å². The maximum atomic E-state index is 6.20. The smallest absolute Gasteiger partial charge is 0.0450 e. The molecule has 0 bridgehead atoms. The molecule has 1 aliphatic carbocycles. The van der Waals surface area contributed by atoms with Crippen LogP contribution in [0.5, 0.6) is 0 Å². The van der Waals surface area contributed by atoms with Gasteiger partial charge in [-0.2, -0.15) is 0 Å². The zero-order valence-corrected chi connectivity index (χ0v) is 18.9.